The smallest absolute Gasteiger partial charge is 0.266 e. The minimum absolute atomic E-state index is 0.132. The van der Waals surface area contributed by atoms with Crippen LogP contribution in [-0.2, 0) is 4.79 Å². The summed E-state index contributed by atoms with van der Waals surface area (Å²) in [5.74, 6) is 1.23. The van der Waals surface area contributed by atoms with Gasteiger partial charge in [-0.05, 0) is 55.0 Å². The zero-order chi connectivity index (χ0) is 26.5. The molecule has 1 aliphatic rings. The molecule has 0 bridgehead atoms. The molecule has 0 N–H and O–H groups in total. The molecule has 0 aliphatic carbocycles. The monoisotopic (exact) mass is 532 g/mol. The number of halogens is 1. The third kappa shape index (κ3) is 5.52. The van der Waals surface area contributed by atoms with Crippen LogP contribution in [0.15, 0.2) is 82.7 Å². The zero-order valence-electron chi connectivity index (χ0n) is 21.2. The first kappa shape index (κ1) is 25.8. The molecule has 0 unspecified atom stereocenters. The van der Waals surface area contributed by atoms with Gasteiger partial charge in [-0.3, -0.25) is 14.2 Å². The van der Waals surface area contributed by atoms with Crippen molar-refractivity contribution in [2.45, 2.75) is 18.0 Å². The lowest BCUT2D eigenvalue weighted by atomic mass is 10.2. The number of methoxy groups -OCH3 is 1. The Morgan fingerprint density at radius 1 is 0.974 bits per heavy atom. The van der Waals surface area contributed by atoms with Crippen LogP contribution in [0, 0.1) is 5.82 Å². The van der Waals surface area contributed by atoms with Gasteiger partial charge in [0.05, 0.1) is 29.4 Å². The number of piperazine rings is 1. The van der Waals surface area contributed by atoms with Crippen LogP contribution in [0.3, 0.4) is 0 Å². The Bertz CT molecular complexity index is 1480. The molecular formula is C29H29FN4O3S. The Balaban J connectivity index is 1.21. The van der Waals surface area contributed by atoms with Crippen LogP contribution in [-0.4, -0.2) is 59.4 Å². The second-order valence-electron chi connectivity index (χ2n) is 9.02. The lowest BCUT2D eigenvalue weighted by Crippen LogP contribution is -2.48. The second-order valence-corrected chi connectivity index (χ2v) is 10.1. The van der Waals surface area contributed by atoms with Gasteiger partial charge in [-0.1, -0.05) is 36.0 Å². The normalized spacial score (nSPS) is 13.6. The minimum Gasteiger partial charge on any atom is -0.495 e. The average Bonchev–Trinajstić information content (AvgIpc) is 2.96. The molecule has 1 amide bonds. The number of benzene rings is 3. The van der Waals surface area contributed by atoms with Crippen molar-refractivity contribution in [2.24, 2.45) is 0 Å². The first-order valence-electron chi connectivity index (χ1n) is 12.6. The average molecular weight is 533 g/mol. The van der Waals surface area contributed by atoms with E-state index in [2.05, 4.69) is 4.90 Å². The summed E-state index contributed by atoms with van der Waals surface area (Å²) in [6.45, 7) is 2.85. The van der Waals surface area contributed by atoms with Crippen LogP contribution < -0.4 is 15.2 Å². The fourth-order valence-corrected chi connectivity index (χ4v) is 5.61. The van der Waals surface area contributed by atoms with Gasteiger partial charge in [0.1, 0.15) is 11.6 Å². The van der Waals surface area contributed by atoms with E-state index in [1.165, 1.54) is 28.5 Å². The quantitative estimate of drug-likeness (QED) is 0.185. The van der Waals surface area contributed by atoms with E-state index in [4.69, 9.17) is 9.72 Å². The first-order chi connectivity index (χ1) is 18.5. The highest BCUT2D eigenvalue weighted by molar-refractivity contribution is 7.99. The highest BCUT2D eigenvalue weighted by atomic mass is 32.2. The van der Waals surface area contributed by atoms with Crippen molar-refractivity contribution >= 4 is 34.3 Å². The Kier molecular flexibility index (Phi) is 7.93. The standard InChI is InChI=1S/C29H29FN4O3S/c1-37-26-10-5-4-9-25(26)32-16-18-33(19-17-32)27(35)11-6-20-38-29-31-24-8-3-2-7-23(24)28(36)34(29)22-14-12-21(30)13-15-22/h2-5,7-10,12-15H,6,11,16-20H2,1H3. The lowest BCUT2D eigenvalue weighted by Gasteiger charge is -2.36. The van der Waals surface area contributed by atoms with Gasteiger partial charge in [0.2, 0.25) is 5.91 Å². The number of aromatic nitrogens is 2. The molecule has 1 fully saturated rings. The number of fused-ring (bicyclic) bond motifs is 1. The third-order valence-electron chi connectivity index (χ3n) is 6.65. The molecule has 5 rings (SSSR count). The predicted molar refractivity (Wildman–Crippen MR) is 149 cm³/mol. The topological polar surface area (TPSA) is 67.7 Å². The molecule has 4 aromatic rings. The van der Waals surface area contributed by atoms with Crippen molar-refractivity contribution in [3.63, 3.8) is 0 Å². The van der Waals surface area contributed by atoms with E-state index >= 15 is 0 Å². The predicted octanol–water partition coefficient (Wildman–Crippen LogP) is 4.75. The first-order valence-corrected chi connectivity index (χ1v) is 13.6. The number of hydrogen-bond donors (Lipinski definition) is 0. The van der Waals surface area contributed by atoms with Crippen LogP contribution in [0.1, 0.15) is 12.8 Å². The summed E-state index contributed by atoms with van der Waals surface area (Å²) >= 11 is 1.43. The number of anilines is 1. The van der Waals surface area contributed by atoms with Crippen LogP contribution in [0.2, 0.25) is 0 Å². The fraction of sp³-hybridized carbons (Fsp3) is 0.276. The van der Waals surface area contributed by atoms with Crippen molar-refractivity contribution in [1.82, 2.24) is 14.5 Å². The molecule has 9 heteroatoms. The molecule has 1 aliphatic heterocycles. The number of para-hydroxylation sites is 3. The molecule has 2 heterocycles. The molecule has 1 aromatic heterocycles. The van der Waals surface area contributed by atoms with Crippen LogP contribution in [0.25, 0.3) is 16.6 Å². The molecule has 0 saturated carbocycles. The minimum atomic E-state index is -0.369. The van der Waals surface area contributed by atoms with Gasteiger partial charge in [-0.2, -0.15) is 0 Å². The SMILES string of the molecule is COc1ccccc1N1CCN(C(=O)CCCSc2nc3ccccc3c(=O)n2-c2ccc(F)cc2)CC1. The molecular weight excluding hydrogens is 503 g/mol. The van der Waals surface area contributed by atoms with E-state index in [1.807, 2.05) is 41.3 Å². The maximum atomic E-state index is 13.5. The number of carbonyl (C=O) groups is 1. The highest BCUT2D eigenvalue weighted by Crippen LogP contribution is 2.28. The highest BCUT2D eigenvalue weighted by Gasteiger charge is 2.22. The summed E-state index contributed by atoms with van der Waals surface area (Å²) in [7, 11) is 1.67. The van der Waals surface area contributed by atoms with Crippen molar-refractivity contribution in [1.29, 1.82) is 0 Å². The molecule has 3 aromatic carbocycles. The maximum Gasteiger partial charge on any atom is 0.266 e. The third-order valence-corrected chi connectivity index (χ3v) is 7.68. The van der Waals surface area contributed by atoms with Gasteiger partial charge in [-0.15, -0.1) is 0 Å². The van der Waals surface area contributed by atoms with Crippen molar-refractivity contribution in [2.75, 3.05) is 43.9 Å². The fourth-order valence-electron chi connectivity index (χ4n) is 4.66. The van der Waals surface area contributed by atoms with Crippen LogP contribution >= 0.6 is 11.8 Å². The van der Waals surface area contributed by atoms with Crippen molar-refractivity contribution < 1.29 is 13.9 Å². The van der Waals surface area contributed by atoms with Gasteiger partial charge >= 0.3 is 0 Å². The van der Waals surface area contributed by atoms with E-state index in [9.17, 15) is 14.0 Å². The second kappa shape index (κ2) is 11.7. The van der Waals surface area contributed by atoms with Gasteiger partial charge in [0, 0.05) is 38.4 Å². The lowest BCUT2D eigenvalue weighted by molar-refractivity contribution is -0.131. The van der Waals surface area contributed by atoms with Gasteiger partial charge < -0.3 is 14.5 Å². The van der Waals surface area contributed by atoms with Gasteiger partial charge in [0.25, 0.3) is 5.56 Å². The summed E-state index contributed by atoms with van der Waals surface area (Å²) in [5.41, 5.74) is 2.02. The van der Waals surface area contributed by atoms with Crippen molar-refractivity contribution in [3.8, 4) is 11.4 Å². The Morgan fingerprint density at radius 3 is 2.45 bits per heavy atom. The Hall–Kier alpha value is -3.85. The van der Waals surface area contributed by atoms with Crippen LogP contribution in [0.4, 0.5) is 10.1 Å². The molecule has 38 heavy (non-hydrogen) atoms. The van der Waals surface area contributed by atoms with E-state index in [0.29, 0.717) is 53.4 Å². The zero-order valence-corrected chi connectivity index (χ0v) is 22.0. The van der Waals surface area contributed by atoms with Crippen LogP contribution in [0.5, 0.6) is 5.75 Å². The summed E-state index contributed by atoms with van der Waals surface area (Å²) in [5, 5.41) is 1.03. The number of carbonyl (C=O) groups excluding carboxylic acids is 1. The number of thioether (sulfide) groups is 1. The number of nitrogens with zero attached hydrogens (tertiary/aromatic N) is 4. The molecule has 196 valence electrons. The van der Waals surface area contributed by atoms with E-state index in [-0.39, 0.29) is 17.3 Å². The summed E-state index contributed by atoms with van der Waals surface area (Å²) in [6, 6.07) is 20.9. The summed E-state index contributed by atoms with van der Waals surface area (Å²) in [6.07, 6.45) is 1.08. The number of hydrogen-bond acceptors (Lipinski definition) is 6. The van der Waals surface area contributed by atoms with Gasteiger partial charge in [-0.25, -0.2) is 9.37 Å². The molecule has 7 nitrogen and oxygen atoms in total. The molecule has 0 spiro atoms. The van der Waals surface area contributed by atoms with Gasteiger partial charge in [0.15, 0.2) is 5.16 Å². The van der Waals surface area contributed by atoms with E-state index < -0.39 is 0 Å². The summed E-state index contributed by atoms with van der Waals surface area (Å²) < 4.78 is 20.5. The number of ether oxygens (including phenoxy) is 1. The largest absolute Gasteiger partial charge is 0.495 e. The van der Waals surface area contributed by atoms with E-state index in [0.717, 1.165) is 24.5 Å². The molecule has 0 atom stereocenters. The number of amides is 1. The maximum absolute atomic E-state index is 13.5. The van der Waals surface area contributed by atoms with Crippen molar-refractivity contribution in [3.05, 3.63) is 89.0 Å². The molecule has 1 saturated heterocycles. The molecule has 0 radical (unpaired) electrons. The van der Waals surface area contributed by atoms with E-state index in [1.54, 1.807) is 31.4 Å². The number of rotatable bonds is 8. The summed E-state index contributed by atoms with van der Waals surface area (Å²) in [4.78, 5) is 35.1. The Morgan fingerprint density at radius 2 is 1.68 bits per heavy atom. The Labute approximate surface area is 224 Å².